The van der Waals surface area contributed by atoms with Crippen molar-refractivity contribution in [1.29, 1.82) is 0 Å². The largest absolute Gasteiger partial charge is 0.467 e. The summed E-state index contributed by atoms with van der Waals surface area (Å²) in [5.74, 6) is 0.833. The van der Waals surface area contributed by atoms with E-state index in [1.165, 1.54) is 0 Å². The number of furan rings is 1. The molecule has 0 aliphatic heterocycles. The Bertz CT molecular complexity index is 478. The normalized spacial score (nSPS) is 12.7. The van der Waals surface area contributed by atoms with Crippen LogP contribution < -0.4 is 5.73 Å². The van der Waals surface area contributed by atoms with E-state index in [2.05, 4.69) is 0 Å². The fourth-order valence-corrected chi connectivity index (χ4v) is 1.97. The maximum Gasteiger partial charge on any atom is 0.123 e. The number of halogens is 1. The van der Waals surface area contributed by atoms with E-state index >= 15 is 0 Å². The molecule has 0 aliphatic rings. The highest BCUT2D eigenvalue weighted by molar-refractivity contribution is 6.31. The number of aryl methyl sites for hydroxylation is 1. The standard InChI is InChI=1S/C13H14ClNO/c1-9-6-7-16-13(9)12(15)8-10-4-2-3-5-11(10)14/h2-7,12H,8,15H2,1H3. The Labute approximate surface area is 100 Å². The average Bonchev–Trinajstić information content (AvgIpc) is 2.68. The Morgan fingerprint density at radius 2 is 2.06 bits per heavy atom. The second-order valence-corrected chi connectivity index (χ2v) is 4.28. The van der Waals surface area contributed by atoms with E-state index in [4.69, 9.17) is 21.8 Å². The van der Waals surface area contributed by atoms with E-state index in [1.54, 1.807) is 6.26 Å². The SMILES string of the molecule is Cc1ccoc1C(N)Cc1ccccc1Cl. The molecule has 2 N–H and O–H groups in total. The highest BCUT2D eigenvalue weighted by atomic mass is 35.5. The van der Waals surface area contributed by atoms with Crippen molar-refractivity contribution < 1.29 is 4.42 Å². The first-order valence-corrected chi connectivity index (χ1v) is 5.59. The molecule has 0 spiro atoms. The molecule has 3 heteroatoms. The van der Waals surface area contributed by atoms with Crippen molar-refractivity contribution in [3.8, 4) is 0 Å². The Morgan fingerprint density at radius 1 is 1.31 bits per heavy atom. The molecule has 1 unspecified atom stereocenters. The zero-order valence-electron chi connectivity index (χ0n) is 9.11. The lowest BCUT2D eigenvalue weighted by atomic mass is 10.0. The molecule has 0 saturated carbocycles. The van der Waals surface area contributed by atoms with E-state index < -0.39 is 0 Å². The monoisotopic (exact) mass is 235 g/mol. The molecule has 1 atom stereocenters. The van der Waals surface area contributed by atoms with Gasteiger partial charge in [0.25, 0.3) is 0 Å². The average molecular weight is 236 g/mol. The minimum atomic E-state index is -0.144. The Morgan fingerprint density at radius 3 is 2.69 bits per heavy atom. The summed E-state index contributed by atoms with van der Waals surface area (Å²) in [6.07, 6.45) is 2.35. The highest BCUT2D eigenvalue weighted by Gasteiger charge is 2.14. The lowest BCUT2D eigenvalue weighted by molar-refractivity contribution is 0.461. The van der Waals surface area contributed by atoms with Crippen molar-refractivity contribution in [2.75, 3.05) is 0 Å². The first-order valence-electron chi connectivity index (χ1n) is 5.21. The van der Waals surface area contributed by atoms with Crippen LogP contribution in [0.4, 0.5) is 0 Å². The predicted molar refractivity (Wildman–Crippen MR) is 65.5 cm³/mol. The molecule has 2 nitrogen and oxygen atoms in total. The first kappa shape index (κ1) is 11.2. The zero-order valence-corrected chi connectivity index (χ0v) is 9.87. The quantitative estimate of drug-likeness (QED) is 0.885. The first-order chi connectivity index (χ1) is 7.68. The summed E-state index contributed by atoms with van der Waals surface area (Å²) in [5, 5.41) is 0.752. The smallest absolute Gasteiger partial charge is 0.123 e. The summed E-state index contributed by atoms with van der Waals surface area (Å²) in [6.45, 7) is 1.99. The van der Waals surface area contributed by atoms with Crippen molar-refractivity contribution in [3.63, 3.8) is 0 Å². The van der Waals surface area contributed by atoms with Crippen LogP contribution in [0.15, 0.2) is 41.0 Å². The van der Waals surface area contributed by atoms with Crippen molar-refractivity contribution in [2.24, 2.45) is 5.73 Å². The molecular formula is C13H14ClNO. The number of hydrogen-bond acceptors (Lipinski definition) is 2. The van der Waals surface area contributed by atoms with Gasteiger partial charge in [-0.25, -0.2) is 0 Å². The lowest BCUT2D eigenvalue weighted by Gasteiger charge is -2.11. The summed E-state index contributed by atoms with van der Waals surface area (Å²) >= 11 is 6.08. The molecule has 1 aromatic carbocycles. The minimum absolute atomic E-state index is 0.144. The van der Waals surface area contributed by atoms with Crippen molar-refractivity contribution in [2.45, 2.75) is 19.4 Å². The molecular weight excluding hydrogens is 222 g/mol. The van der Waals surface area contributed by atoms with Gasteiger partial charge in [0, 0.05) is 5.02 Å². The van der Waals surface area contributed by atoms with Crippen LogP contribution in [-0.4, -0.2) is 0 Å². The molecule has 0 amide bonds. The maximum atomic E-state index is 6.09. The minimum Gasteiger partial charge on any atom is -0.467 e. The van der Waals surface area contributed by atoms with Gasteiger partial charge in [0.1, 0.15) is 5.76 Å². The highest BCUT2D eigenvalue weighted by Crippen LogP contribution is 2.24. The third kappa shape index (κ3) is 2.29. The van der Waals surface area contributed by atoms with Crippen LogP contribution in [0.3, 0.4) is 0 Å². The fourth-order valence-electron chi connectivity index (χ4n) is 1.76. The Balaban J connectivity index is 2.17. The molecule has 2 aromatic rings. The molecule has 0 fully saturated rings. The van der Waals surface area contributed by atoms with E-state index in [1.807, 2.05) is 37.3 Å². The van der Waals surface area contributed by atoms with Gasteiger partial charge in [0.05, 0.1) is 12.3 Å². The molecule has 1 aromatic heterocycles. The van der Waals surface area contributed by atoms with Gasteiger partial charge in [-0.1, -0.05) is 29.8 Å². The zero-order chi connectivity index (χ0) is 11.5. The molecule has 0 radical (unpaired) electrons. The van der Waals surface area contributed by atoms with Crippen LogP contribution in [0.2, 0.25) is 5.02 Å². The second kappa shape index (κ2) is 4.73. The summed E-state index contributed by atoms with van der Waals surface area (Å²) in [7, 11) is 0. The van der Waals surface area contributed by atoms with Crippen LogP contribution in [0.1, 0.15) is 22.9 Å². The lowest BCUT2D eigenvalue weighted by Crippen LogP contribution is -2.13. The van der Waals surface area contributed by atoms with Gasteiger partial charge < -0.3 is 10.2 Å². The summed E-state index contributed by atoms with van der Waals surface area (Å²) < 4.78 is 5.37. The van der Waals surface area contributed by atoms with Crippen molar-refractivity contribution in [3.05, 3.63) is 58.5 Å². The van der Waals surface area contributed by atoms with Crippen LogP contribution >= 0.6 is 11.6 Å². The van der Waals surface area contributed by atoms with Gasteiger partial charge in [-0.15, -0.1) is 0 Å². The van der Waals surface area contributed by atoms with Gasteiger partial charge >= 0.3 is 0 Å². The summed E-state index contributed by atoms with van der Waals surface area (Å²) in [4.78, 5) is 0. The Kier molecular flexibility index (Phi) is 3.32. The molecule has 0 aliphatic carbocycles. The summed E-state index contributed by atoms with van der Waals surface area (Å²) in [6, 6.07) is 9.51. The van der Waals surface area contributed by atoms with Gasteiger partial charge in [0.15, 0.2) is 0 Å². The number of benzene rings is 1. The molecule has 16 heavy (non-hydrogen) atoms. The van der Waals surface area contributed by atoms with Gasteiger partial charge in [-0.2, -0.15) is 0 Å². The van der Waals surface area contributed by atoms with Gasteiger partial charge in [-0.05, 0) is 36.6 Å². The third-order valence-electron chi connectivity index (χ3n) is 2.64. The second-order valence-electron chi connectivity index (χ2n) is 3.87. The Hall–Kier alpha value is -1.25. The van der Waals surface area contributed by atoms with Gasteiger partial charge in [-0.3, -0.25) is 0 Å². The maximum absolute atomic E-state index is 6.09. The summed E-state index contributed by atoms with van der Waals surface area (Å²) in [5.41, 5.74) is 8.22. The van der Waals surface area contributed by atoms with E-state index in [9.17, 15) is 0 Å². The van der Waals surface area contributed by atoms with E-state index in [0.29, 0.717) is 6.42 Å². The number of hydrogen-bond donors (Lipinski definition) is 1. The van der Waals surface area contributed by atoms with Crippen molar-refractivity contribution >= 4 is 11.6 Å². The predicted octanol–water partition coefficient (Wildman–Crippen LogP) is 3.48. The van der Waals surface area contributed by atoms with Crippen LogP contribution in [-0.2, 0) is 6.42 Å². The van der Waals surface area contributed by atoms with E-state index in [0.717, 1.165) is 21.9 Å². The number of rotatable bonds is 3. The number of nitrogens with two attached hydrogens (primary N) is 1. The molecule has 1 heterocycles. The molecule has 2 rings (SSSR count). The molecule has 0 bridgehead atoms. The molecule has 84 valence electrons. The van der Waals surface area contributed by atoms with Gasteiger partial charge in [0.2, 0.25) is 0 Å². The van der Waals surface area contributed by atoms with Crippen LogP contribution in [0.5, 0.6) is 0 Å². The molecule has 0 saturated heterocycles. The van der Waals surface area contributed by atoms with E-state index in [-0.39, 0.29) is 6.04 Å². The van der Waals surface area contributed by atoms with Crippen molar-refractivity contribution in [1.82, 2.24) is 0 Å². The fraction of sp³-hybridized carbons (Fsp3) is 0.231. The van der Waals surface area contributed by atoms with Crippen LogP contribution in [0, 0.1) is 6.92 Å². The third-order valence-corrected chi connectivity index (χ3v) is 3.00. The topological polar surface area (TPSA) is 39.2 Å². The van der Waals surface area contributed by atoms with Crippen LogP contribution in [0.25, 0.3) is 0 Å².